The Morgan fingerprint density at radius 2 is 0.770 bits per heavy atom. The molecule has 4 aromatic rings. The van der Waals surface area contributed by atoms with Crippen LogP contribution in [-0.4, -0.2) is 23.9 Å². The fourth-order valence-electron chi connectivity index (χ4n) is 10.7. The number of benzene rings is 4. The lowest BCUT2D eigenvalue weighted by Gasteiger charge is -2.43. The zero-order valence-electron chi connectivity index (χ0n) is 47.1. The third-order valence-corrected chi connectivity index (χ3v) is 15.0. The average Bonchev–Trinajstić information content (AvgIpc) is 3.79. The highest BCUT2D eigenvalue weighted by Crippen LogP contribution is 2.65. The molecule has 0 radical (unpaired) electrons. The van der Waals surface area contributed by atoms with Crippen molar-refractivity contribution in [3.8, 4) is 23.0 Å². The minimum absolute atomic E-state index is 0.281. The van der Waals surface area contributed by atoms with Gasteiger partial charge in [0.25, 0.3) is 0 Å². The Balaban J connectivity index is 1.56. The Hall–Kier alpha value is -5.76. The van der Waals surface area contributed by atoms with E-state index in [0.29, 0.717) is 45.3 Å². The van der Waals surface area contributed by atoms with E-state index in [1.54, 1.807) is 48.5 Å². The molecule has 8 heteroatoms. The lowest BCUT2D eigenvalue weighted by Crippen LogP contribution is -2.58. The van der Waals surface area contributed by atoms with Gasteiger partial charge < -0.3 is 18.9 Å². The first kappa shape index (κ1) is 57.5. The van der Waals surface area contributed by atoms with Crippen molar-refractivity contribution in [1.82, 2.24) is 0 Å². The summed E-state index contributed by atoms with van der Waals surface area (Å²) < 4.78 is 25.4. The van der Waals surface area contributed by atoms with Crippen LogP contribution in [0.1, 0.15) is 230 Å². The van der Waals surface area contributed by atoms with Crippen LogP contribution in [0.2, 0.25) is 0 Å². The normalized spacial score (nSPS) is 17.6. The molecule has 0 spiro atoms. The van der Waals surface area contributed by atoms with E-state index in [4.69, 9.17) is 18.9 Å². The highest BCUT2D eigenvalue weighted by molar-refractivity contribution is 6.09. The van der Waals surface area contributed by atoms with Crippen LogP contribution in [0.15, 0.2) is 98.1 Å². The number of rotatable bonds is 23. The molecule has 0 bridgehead atoms. The Kier molecular flexibility index (Phi) is 18.2. The van der Waals surface area contributed by atoms with Crippen LogP contribution in [0.25, 0.3) is 0 Å². The number of esters is 4. The van der Waals surface area contributed by atoms with E-state index in [-0.39, 0.29) is 24.8 Å². The van der Waals surface area contributed by atoms with Crippen LogP contribution in [-0.2, 0) is 51.7 Å². The number of carbonyl (C=O) groups is 4. The predicted octanol–water partition coefficient (Wildman–Crippen LogP) is 16.4. The van der Waals surface area contributed by atoms with E-state index >= 15 is 9.59 Å². The molecule has 0 aromatic heterocycles. The molecule has 398 valence electrons. The summed E-state index contributed by atoms with van der Waals surface area (Å²) in [5.41, 5.74) is -0.0622. The fourth-order valence-corrected chi connectivity index (χ4v) is 10.7. The maximum atomic E-state index is 16.2. The van der Waals surface area contributed by atoms with Crippen LogP contribution < -0.4 is 18.9 Å². The van der Waals surface area contributed by atoms with Gasteiger partial charge in [0.1, 0.15) is 33.8 Å². The van der Waals surface area contributed by atoms with Gasteiger partial charge in [-0.25, -0.2) is 0 Å². The molecule has 0 amide bonds. The van der Waals surface area contributed by atoms with Gasteiger partial charge in [-0.3, -0.25) is 19.2 Å². The molecule has 0 saturated carbocycles. The van der Waals surface area contributed by atoms with Crippen LogP contribution in [0, 0.1) is 0 Å². The van der Waals surface area contributed by atoms with Gasteiger partial charge in [-0.05, 0) is 119 Å². The van der Waals surface area contributed by atoms with Gasteiger partial charge in [0.05, 0.1) is 0 Å². The van der Waals surface area contributed by atoms with Gasteiger partial charge in [-0.15, -0.1) is 13.2 Å². The number of carbonyl (C=O) groups excluding carboxylic acids is 4. The molecule has 0 N–H and O–H groups in total. The molecule has 2 atom stereocenters. The van der Waals surface area contributed by atoms with Gasteiger partial charge >= 0.3 is 23.9 Å². The van der Waals surface area contributed by atoms with E-state index in [1.165, 1.54) is 0 Å². The molecule has 74 heavy (non-hydrogen) atoms. The van der Waals surface area contributed by atoms with E-state index in [2.05, 4.69) is 108 Å². The summed E-state index contributed by atoms with van der Waals surface area (Å²) in [4.78, 5) is 59.1. The molecular formula is C66H86O8. The molecule has 6 rings (SSSR count). The number of hydrogen-bond acceptors (Lipinski definition) is 8. The first-order chi connectivity index (χ1) is 34.8. The highest BCUT2D eigenvalue weighted by atomic mass is 16.6. The monoisotopic (exact) mass is 1010 g/mol. The topological polar surface area (TPSA) is 105 Å². The fraction of sp³-hybridized carbons (Fsp3) is 0.515. The number of fused-ring (bicyclic) bond motifs is 2. The van der Waals surface area contributed by atoms with Crippen LogP contribution in [0.4, 0.5) is 0 Å². The van der Waals surface area contributed by atoms with E-state index in [9.17, 15) is 9.59 Å². The SMILES string of the molecule is C=CCCCCCCCCC(=O)Oc1ccc(C2(C3(c4ccc(OC(=O)CCCCCCCCC=C)cc4)C(=O)Oc4c(C(C)(C)C)cc(C(C)(C)C)cc43)C(=O)Oc3c(C(C)(C)C)cc(C(C)(C)C)cc32)cc1. The van der Waals surface area contributed by atoms with Gasteiger partial charge in [0.15, 0.2) is 0 Å². The van der Waals surface area contributed by atoms with E-state index in [0.717, 1.165) is 112 Å². The summed E-state index contributed by atoms with van der Waals surface area (Å²) in [5, 5.41) is 0. The zero-order valence-corrected chi connectivity index (χ0v) is 47.1. The van der Waals surface area contributed by atoms with Crippen LogP contribution in [0.3, 0.4) is 0 Å². The second kappa shape index (κ2) is 23.4. The van der Waals surface area contributed by atoms with Crippen molar-refractivity contribution in [2.75, 3.05) is 0 Å². The number of unbranched alkanes of at least 4 members (excludes halogenated alkanes) is 12. The number of hydrogen-bond donors (Lipinski definition) is 0. The van der Waals surface area contributed by atoms with Crippen molar-refractivity contribution in [2.24, 2.45) is 0 Å². The Morgan fingerprint density at radius 3 is 1.07 bits per heavy atom. The maximum absolute atomic E-state index is 16.2. The van der Waals surface area contributed by atoms with Crippen molar-refractivity contribution in [1.29, 1.82) is 0 Å². The zero-order chi connectivity index (χ0) is 54.3. The summed E-state index contributed by atoms with van der Waals surface area (Å²) in [7, 11) is 0. The number of allylic oxidation sites excluding steroid dienone is 2. The second-order valence-electron chi connectivity index (χ2n) is 25.0. The summed E-state index contributed by atoms with van der Waals surface area (Å²) in [6.07, 6.45) is 18.8. The van der Waals surface area contributed by atoms with Gasteiger partial charge in [-0.2, -0.15) is 0 Å². The Labute approximate surface area is 444 Å². The first-order valence-corrected chi connectivity index (χ1v) is 27.5. The Morgan fingerprint density at radius 1 is 0.459 bits per heavy atom. The lowest BCUT2D eigenvalue weighted by atomic mass is 9.51. The summed E-state index contributed by atoms with van der Waals surface area (Å²) in [6.45, 7) is 33.0. The summed E-state index contributed by atoms with van der Waals surface area (Å²) >= 11 is 0. The quantitative estimate of drug-likeness (QED) is 0.0313. The molecule has 2 heterocycles. The minimum atomic E-state index is -1.92. The molecule has 8 nitrogen and oxygen atoms in total. The molecule has 0 saturated heterocycles. The molecule has 0 fully saturated rings. The highest BCUT2D eigenvalue weighted by Gasteiger charge is 2.73. The van der Waals surface area contributed by atoms with E-state index in [1.807, 2.05) is 24.3 Å². The smallest absolute Gasteiger partial charge is 0.328 e. The molecule has 2 aliphatic heterocycles. The van der Waals surface area contributed by atoms with Crippen LogP contribution >= 0.6 is 0 Å². The minimum Gasteiger partial charge on any atom is -0.427 e. The third-order valence-electron chi connectivity index (χ3n) is 15.0. The van der Waals surface area contributed by atoms with Crippen LogP contribution in [0.5, 0.6) is 23.0 Å². The molecule has 4 aromatic carbocycles. The van der Waals surface area contributed by atoms with Crippen molar-refractivity contribution < 1.29 is 38.1 Å². The standard InChI is InChI=1S/C66H86O8/c1-15-17-19-21-23-25-27-29-31-55(67)71-49-37-33-45(34-38-49)65(53-43-47(61(3,4)5)41-51(63(9,10)11)57(53)73-59(65)69)66(54-44-48(62(6,7)8)42-52(64(12,13)14)58(54)74-60(66)70)46-35-39-50(40-36-46)72-56(68)32-30-28-26-24-22-20-18-16-2/h15-16,33-44H,1-2,17-32H2,3-14H3. The van der Waals surface area contributed by atoms with Crippen molar-refractivity contribution >= 4 is 23.9 Å². The van der Waals surface area contributed by atoms with Crippen molar-refractivity contribution in [2.45, 2.75) is 218 Å². The number of ether oxygens (including phenoxy) is 4. The lowest BCUT2D eigenvalue weighted by molar-refractivity contribution is -0.147. The van der Waals surface area contributed by atoms with Gasteiger partial charge in [0, 0.05) is 35.1 Å². The molecule has 2 unspecified atom stereocenters. The molecule has 2 aliphatic rings. The molecular weight excluding hydrogens is 921 g/mol. The Bertz CT molecular complexity index is 2470. The maximum Gasteiger partial charge on any atom is 0.328 e. The molecule has 0 aliphatic carbocycles. The van der Waals surface area contributed by atoms with Crippen molar-refractivity contribution in [3.63, 3.8) is 0 Å². The van der Waals surface area contributed by atoms with Gasteiger partial charge in [0.2, 0.25) is 0 Å². The van der Waals surface area contributed by atoms with Gasteiger partial charge in [-0.1, -0.05) is 183 Å². The second-order valence-corrected chi connectivity index (χ2v) is 25.0. The third kappa shape index (κ3) is 12.3. The average molecular weight is 1010 g/mol. The van der Waals surface area contributed by atoms with Crippen molar-refractivity contribution in [3.05, 3.63) is 143 Å². The largest absolute Gasteiger partial charge is 0.427 e. The predicted molar refractivity (Wildman–Crippen MR) is 299 cm³/mol. The van der Waals surface area contributed by atoms with E-state index < -0.39 is 44.4 Å². The summed E-state index contributed by atoms with van der Waals surface area (Å²) in [6, 6.07) is 22.4. The first-order valence-electron chi connectivity index (χ1n) is 27.5. The summed E-state index contributed by atoms with van der Waals surface area (Å²) in [5.74, 6) is -0.497.